The average molecular weight is 255 g/mol. The smallest absolute Gasteiger partial charge is 0.130 e. The third-order valence-electron chi connectivity index (χ3n) is 2.62. The number of aromatic nitrogens is 2. The molecule has 0 amide bonds. The number of halogens is 2. The van der Waals surface area contributed by atoms with Gasteiger partial charge >= 0.3 is 0 Å². The van der Waals surface area contributed by atoms with Crippen molar-refractivity contribution < 1.29 is 9.50 Å². The van der Waals surface area contributed by atoms with Gasteiger partial charge in [-0.15, -0.1) is 0 Å². The highest BCUT2D eigenvalue weighted by atomic mass is 35.5. The molecule has 1 N–H and O–H groups in total. The van der Waals surface area contributed by atoms with Crippen LogP contribution in [0.5, 0.6) is 0 Å². The third-order valence-corrected chi connectivity index (χ3v) is 2.86. The van der Waals surface area contributed by atoms with Gasteiger partial charge in [-0.3, -0.25) is 0 Å². The van der Waals surface area contributed by atoms with Crippen LogP contribution in [0.3, 0.4) is 0 Å². The zero-order valence-corrected chi connectivity index (χ0v) is 10.0. The quantitative estimate of drug-likeness (QED) is 0.915. The van der Waals surface area contributed by atoms with Gasteiger partial charge < -0.3 is 9.67 Å². The Morgan fingerprint density at radius 3 is 2.94 bits per heavy atom. The van der Waals surface area contributed by atoms with Crippen LogP contribution < -0.4 is 0 Å². The monoisotopic (exact) mass is 254 g/mol. The Balaban J connectivity index is 2.40. The highest BCUT2D eigenvalue weighted by molar-refractivity contribution is 6.30. The molecule has 17 heavy (non-hydrogen) atoms. The van der Waals surface area contributed by atoms with E-state index in [1.807, 2.05) is 6.92 Å². The minimum Gasteiger partial charge on any atom is -0.382 e. The summed E-state index contributed by atoms with van der Waals surface area (Å²) in [5.74, 6) is -0.520. The second-order valence-electron chi connectivity index (χ2n) is 3.67. The summed E-state index contributed by atoms with van der Waals surface area (Å²) in [6, 6.07) is 4.22. The molecule has 1 aromatic heterocycles. The number of hydrogen-bond donors (Lipinski definition) is 1. The summed E-state index contributed by atoms with van der Waals surface area (Å²) < 4.78 is 15.4. The maximum Gasteiger partial charge on any atom is 0.130 e. The van der Waals surface area contributed by atoms with Crippen LogP contribution in [0.15, 0.2) is 30.7 Å². The van der Waals surface area contributed by atoms with Gasteiger partial charge in [-0.2, -0.15) is 0 Å². The Morgan fingerprint density at radius 2 is 2.29 bits per heavy atom. The van der Waals surface area contributed by atoms with Crippen LogP contribution in [0.2, 0.25) is 5.02 Å². The predicted molar refractivity (Wildman–Crippen MR) is 63.4 cm³/mol. The summed E-state index contributed by atoms with van der Waals surface area (Å²) in [4.78, 5) is 3.94. The van der Waals surface area contributed by atoms with Crippen LogP contribution in [0.25, 0.3) is 0 Å². The number of aliphatic hydroxyl groups is 1. The molecule has 0 radical (unpaired) electrons. The van der Waals surface area contributed by atoms with E-state index in [0.29, 0.717) is 17.3 Å². The van der Waals surface area contributed by atoms with E-state index in [9.17, 15) is 9.50 Å². The van der Waals surface area contributed by atoms with Crippen molar-refractivity contribution >= 4 is 11.6 Å². The Labute approximate surface area is 103 Å². The van der Waals surface area contributed by atoms with Crippen LogP contribution in [0.4, 0.5) is 4.39 Å². The molecule has 1 aromatic carbocycles. The molecule has 1 unspecified atom stereocenters. The fraction of sp³-hybridized carbons (Fsp3) is 0.250. The van der Waals surface area contributed by atoms with E-state index < -0.39 is 11.9 Å². The fourth-order valence-corrected chi connectivity index (χ4v) is 1.86. The van der Waals surface area contributed by atoms with Crippen molar-refractivity contribution in [2.75, 3.05) is 0 Å². The molecule has 5 heteroatoms. The second-order valence-corrected chi connectivity index (χ2v) is 4.11. The lowest BCUT2D eigenvalue weighted by Crippen LogP contribution is -2.08. The van der Waals surface area contributed by atoms with E-state index in [2.05, 4.69) is 4.98 Å². The zero-order chi connectivity index (χ0) is 12.4. The van der Waals surface area contributed by atoms with Gasteiger partial charge in [-0.1, -0.05) is 17.7 Å². The van der Waals surface area contributed by atoms with E-state index in [4.69, 9.17) is 11.6 Å². The van der Waals surface area contributed by atoms with Crippen molar-refractivity contribution in [2.45, 2.75) is 19.6 Å². The lowest BCUT2D eigenvalue weighted by molar-refractivity contribution is 0.205. The SMILES string of the molecule is CCn1cncc1C(O)c1ccc(Cl)cc1F. The lowest BCUT2D eigenvalue weighted by atomic mass is 10.1. The number of aliphatic hydroxyl groups excluding tert-OH is 1. The molecule has 0 saturated heterocycles. The molecule has 0 aliphatic carbocycles. The molecule has 2 aromatic rings. The van der Waals surface area contributed by atoms with Gasteiger partial charge in [0.15, 0.2) is 0 Å². The van der Waals surface area contributed by atoms with Crippen molar-refractivity contribution in [3.8, 4) is 0 Å². The molecule has 0 saturated carbocycles. The third kappa shape index (κ3) is 2.33. The van der Waals surface area contributed by atoms with Gasteiger partial charge in [0.1, 0.15) is 11.9 Å². The second kappa shape index (κ2) is 4.85. The van der Waals surface area contributed by atoms with Crippen LogP contribution in [0, 0.1) is 5.82 Å². The van der Waals surface area contributed by atoms with Gasteiger partial charge in [-0.25, -0.2) is 9.37 Å². The number of aryl methyl sites for hydroxylation is 1. The Morgan fingerprint density at radius 1 is 1.53 bits per heavy atom. The van der Waals surface area contributed by atoms with Crippen LogP contribution >= 0.6 is 11.6 Å². The van der Waals surface area contributed by atoms with Crippen LogP contribution in [0.1, 0.15) is 24.3 Å². The molecule has 0 spiro atoms. The summed E-state index contributed by atoms with van der Waals surface area (Å²) >= 11 is 5.67. The van der Waals surface area contributed by atoms with Crippen molar-refractivity contribution in [2.24, 2.45) is 0 Å². The molecule has 2 rings (SSSR count). The summed E-state index contributed by atoms with van der Waals surface area (Å²) in [5, 5.41) is 10.4. The number of hydrogen-bond acceptors (Lipinski definition) is 2. The number of benzene rings is 1. The standard InChI is InChI=1S/C12H12ClFN2O/c1-2-16-7-15-6-11(16)12(17)9-4-3-8(13)5-10(9)14/h3-7,12,17H,2H2,1H3. The molecule has 0 fully saturated rings. The van der Waals surface area contributed by atoms with Gasteiger partial charge in [0, 0.05) is 17.1 Å². The minimum absolute atomic E-state index is 0.199. The molecule has 1 atom stereocenters. The number of nitrogens with zero attached hydrogens (tertiary/aromatic N) is 2. The first-order valence-corrected chi connectivity index (χ1v) is 5.64. The highest BCUT2D eigenvalue weighted by Gasteiger charge is 2.18. The van der Waals surface area contributed by atoms with Gasteiger partial charge in [-0.05, 0) is 19.1 Å². The molecule has 3 nitrogen and oxygen atoms in total. The summed E-state index contributed by atoms with van der Waals surface area (Å²) in [7, 11) is 0. The van der Waals surface area contributed by atoms with E-state index in [1.165, 1.54) is 18.3 Å². The average Bonchev–Trinajstić information content (AvgIpc) is 2.76. The molecule has 0 bridgehead atoms. The van der Waals surface area contributed by atoms with E-state index in [1.54, 1.807) is 17.0 Å². The molecular formula is C12H12ClFN2O. The normalized spacial score (nSPS) is 12.7. The van der Waals surface area contributed by atoms with Crippen LogP contribution in [-0.2, 0) is 6.54 Å². The van der Waals surface area contributed by atoms with Gasteiger partial charge in [0.05, 0.1) is 18.2 Å². The van der Waals surface area contributed by atoms with Gasteiger partial charge in [0.2, 0.25) is 0 Å². The van der Waals surface area contributed by atoms with E-state index in [-0.39, 0.29) is 5.56 Å². The topological polar surface area (TPSA) is 38.0 Å². The Hall–Kier alpha value is -1.39. The predicted octanol–water partition coefficient (Wildman–Crippen LogP) is 2.78. The summed E-state index contributed by atoms with van der Waals surface area (Å²) in [6.45, 7) is 2.59. The highest BCUT2D eigenvalue weighted by Crippen LogP contribution is 2.26. The Kier molecular flexibility index (Phi) is 3.45. The molecular weight excluding hydrogens is 243 g/mol. The van der Waals surface area contributed by atoms with Gasteiger partial charge in [0.25, 0.3) is 0 Å². The van der Waals surface area contributed by atoms with Crippen molar-refractivity contribution in [1.29, 1.82) is 0 Å². The molecule has 0 aliphatic rings. The first-order valence-electron chi connectivity index (χ1n) is 5.26. The van der Waals surface area contributed by atoms with E-state index in [0.717, 1.165) is 0 Å². The number of rotatable bonds is 3. The van der Waals surface area contributed by atoms with Crippen LogP contribution in [-0.4, -0.2) is 14.7 Å². The largest absolute Gasteiger partial charge is 0.382 e. The first-order chi connectivity index (χ1) is 8.13. The Bertz CT molecular complexity index is 527. The molecule has 0 aliphatic heterocycles. The lowest BCUT2D eigenvalue weighted by Gasteiger charge is -2.13. The molecule has 1 heterocycles. The van der Waals surface area contributed by atoms with E-state index >= 15 is 0 Å². The van der Waals surface area contributed by atoms with Crippen molar-refractivity contribution in [1.82, 2.24) is 9.55 Å². The minimum atomic E-state index is -1.03. The summed E-state index contributed by atoms with van der Waals surface area (Å²) in [5.41, 5.74) is 0.762. The fourth-order valence-electron chi connectivity index (χ4n) is 1.71. The molecule has 90 valence electrons. The maximum absolute atomic E-state index is 13.7. The van der Waals surface area contributed by atoms with Crippen molar-refractivity contribution in [3.05, 3.63) is 52.8 Å². The first kappa shape index (κ1) is 12.1. The number of imidazole rings is 1. The maximum atomic E-state index is 13.7. The summed E-state index contributed by atoms with van der Waals surface area (Å²) in [6.07, 6.45) is 2.10. The zero-order valence-electron chi connectivity index (χ0n) is 9.27. The van der Waals surface area contributed by atoms with Crippen molar-refractivity contribution in [3.63, 3.8) is 0 Å².